The molecule has 0 atom stereocenters. The third kappa shape index (κ3) is 3.87. The van der Waals surface area contributed by atoms with Gasteiger partial charge in [0.2, 0.25) is 0 Å². The summed E-state index contributed by atoms with van der Waals surface area (Å²) >= 11 is 0. The first kappa shape index (κ1) is 17.4. The summed E-state index contributed by atoms with van der Waals surface area (Å²) in [6.45, 7) is 1.37. The summed E-state index contributed by atoms with van der Waals surface area (Å²) in [7, 11) is 2.61. The first-order valence-electron chi connectivity index (χ1n) is 7.12. The zero-order valence-corrected chi connectivity index (χ0v) is 13.6. The molecule has 2 aromatic rings. The second-order valence-corrected chi connectivity index (χ2v) is 4.95. The molecule has 1 aromatic carbocycles. The van der Waals surface area contributed by atoms with Crippen LogP contribution in [-0.2, 0) is 9.53 Å². The molecule has 0 bridgehead atoms. The quantitative estimate of drug-likeness (QED) is 0.786. The van der Waals surface area contributed by atoms with Gasteiger partial charge in [0.05, 0.1) is 19.8 Å². The number of pyridine rings is 1. The van der Waals surface area contributed by atoms with Crippen LogP contribution in [0, 0.1) is 12.7 Å². The smallest absolute Gasteiger partial charge is 0.325 e. The van der Waals surface area contributed by atoms with Gasteiger partial charge in [-0.25, -0.2) is 9.37 Å². The average Bonchev–Trinajstić information content (AvgIpc) is 2.58. The van der Waals surface area contributed by atoms with Crippen molar-refractivity contribution in [2.24, 2.45) is 0 Å². The van der Waals surface area contributed by atoms with Crippen LogP contribution in [0.15, 0.2) is 36.4 Å². The molecule has 1 amide bonds. The van der Waals surface area contributed by atoms with Gasteiger partial charge >= 0.3 is 5.97 Å². The van der Waals surface area contributed by atoms with Crippen molar-refractivity contribution >= 4 is 17.7 Å². The Morgan fingerprint density at radius 3 is 2.54 bits per heavy atom. The fraction of sp³-hybridized carbons (Fsp3) is 0.235. The summed E-state index contributed by atoms with van der Waals surface area (Å²) in [6, 6.07) is 8.88. The first-order valence-corrected chi connectivity index (χ1v) is 7.12. The van der Waals surface area contributed by atoms with Gasteiger partial charge in [0.1, 0.15) is 23.9 Å². The van der Waals surface area contributed by atoms with Crippen molar-refractivity contribution in [1.29, 1.82) is 0 Å². The van der Waals surface area contributed by atoms with E-state index >= 15 is 0 Å². The second kappa shape index (κ2) is 7.54. The third-order valence-corrected chi connectivity index (χ3v) is 3.32. The SMILES string of the molecule is COC(=O)CN(C(=O)c1ccc(OC)cc1F)c1cccc(C)n1. The molecule has 2 rings (SSSR count). The number of aryl methyl sites for hydroxylation is 1. The highest BCUT2D eigenvalue weighted by molar-refractivity contribution is 6.08. The number of ether oxygens (including phenoxy) is 2. The molecule has 0 aliphatic rings. The van der Waals surface area contributed by atoms with Gasteiger partial charge in [-0.3, -0.25) is 14.5 Å². The highest BCUT2D eigenvalue weighted by Gasteiger charge is 2.25. The Kier molecular flexibility index (Phi) is 5.47. The maximum atomic E-state index is 14.2. The molecule has 0 N–H and O–H groups in total. The van der Waals surface area contributed by atoms with Gasteiger partial charge in [0, 0.05) is 11.8 Å². The molecule has 0 saturated carbocycles. The summed E-state index contributed by atoms with van der Waals surface area (Å²) in [5.74, 6) is -1.56. The monoisotopic (exact) mass is 332 g/mol. The van der Waals surface area contributed by atoms with Crippen LogP contribution < -0.4 is 9.64 Å². The van der Waals surface area contributed by atoms with E-state index in [9.17, 15) is 14.0 Å². The number of carbonyl (C=O) groups excluding carboxylic acids is 2. The summed E-state index contributed by atoms with van der Waals surface area (Å²) in [5, 5.41) is 0. The molecule has 1 heterocycles. The fourth-order valence-corrected chi connectivity index (χ4v) is 2.07. The van der Waals surface area contributed by atoms with E-state index in [4.69, 9.17) is 4.74 Å². The standard InChI is InChI=1S/C17H17FN2O4/c1-11-5-4-6-15(19-11)20(10-16(21)24-3)17(22)13-8-7-12(23-2)9-14(13)18/h4-9H,10H2,1-3H3. The van der Waals surface area contributed by atoms with E-state index in [0.29, 0.717) is 5.69 Å². The predicted octanol–water partition coefficient (Wildman–Crippen LogP) is 2.36. The molecule has 24 heavy (non-hydrogen) atoms. The van der Waals surface area contributed by atoms with Crippen molar-refractivity contribution in [2.45, 2.75) is 6.92 Å². The van der Waals surface area contributed by atoms with Gasteiger partial charge in [-0.05, 0) is 31.2 Å². The first-order chi connectivity index (χ1) is 11.5. The molecule has 0 unspecified atom stereocenters. The zero-order valence-electron chi connectivity index (χ0n) is 13.6. The lowest BCUT2D eigenvalue weighted by Crippen LogP contribution is -2.37. The molecule has 0 aliphatic heterocycles. The maximum absolute atomic E-state index is 14.2. The Morgan fingerprint density at radius 2 is 1.96 bits per heavy atom. The molecule has 7 heteroatoms. The molecule has 0 aliphatic carbocycles. The summed E-state index contributed by atoms with van der Waals surface area (Å²) in [6.07, 6.45) is 0. The van der Waals surface area contributed by atoms with E-state index in [1.807, 2.05) is 0 Å². The van der Waals surface area contributed by atoms with Gasteiger partial charge in [-0.15, -0.1) is 0 Å². The lowest BCUT2D eigenvalue weighted by molar-refractivity contribution is -0.138. The number of benzene rings is 1. The van der Waals surface area contributed by atoms with Crippen LogP contribution in [0.4, 0.5) is 10.2 Å². The number of esters is 1. The minimum atomic E-state index is -0.748. The summed E-state index contributed by atoms with van der Waals surface area (Å²) < 4.78 is 23.7. The van der Waals surface area contributed by atoms with Gasteiger partial charge in [-0.2, -0.15) is 0 Å². The van der Waals surface area contributed by atoms with E-state index in [-0.39, 0.29) is 23.7 Å². The molecule has 0 radical (unpaired) electrons. The van der Waals surface area contributed by atoms with E-state index in [1.165, 1.54) is 26.4 Å². The van der Waals surface area contributed by atoms with E-state index in [1.54, 1.807) is 25.1 Å². The Hall–Kier alpha value is -2.96. The van der Waals surface area contributed by atoms with Crippen LogP contribution in [0.25, 0.3) is 0 Å². The Labute approximate surface area is 138 Å². The highest BCUT2D eigenvalue weighted by Crippen LogP contribution is 2.21. The van der Waals surface area contributed by atoms with Crippen molar-refractivity contribution in [3.8, 4) is 5.75 Å². The summed E-state index contributed by atoms with van der Waals surface area (Å²) in [5.41, 5.74) is 0.466. The van der Waals surface area contributed by atoms with E-state index in [2.05, 4.69) is 9.72 Å². The van der Waals surface area contributed by atoms with Crippen LogP contribution >= 0.6 is 0 Å². The molecule has 0 spiro atoms. The van der Waals surface area contributed by atoms with Crippen LogP contribution in [0.2, 0.25) is 0 Å². The molecular weight excluding hydrogens is 315 g/mol. The second-order valence-electron chi connectivity index (χ2n) is 4.95. The maximum Gasteiger partial charge on any atom is 0.325 e. The Balaban J connectivity index is 2.42. The number of halogens is 1. The number of hydrogen-bond donors (Lipinski definition) is 0. The normalized spacial score (nSPS) is 10.2. The fourth-order valence-electron chi connectivity index (χ4n) is 2.07. The van der Waals surface area contributed by atoms with Gasteiger partial charge in [0.15, 0.2) is 0 Å². The minimum Gasteiger partial charge on any atom is -0.497 e. The third-order valence-electron chi connectivity index (χ3n) is 3.32. The lowest BCUT2D eigenvalue weighted by atomic mass is 10.1. The molecule has 6 nitrogen and oxygen atoms in total. The number of methoxy groups -OCH3 is 2. The van der Waals surface area contributed by atoms with Crippen LogP contribution in [0.3, 0.4) is 0 Å². The van der Waals surface area contributed by atoms with Gasteiger partial charge < -0.3 is 9.47 Å². The molecule has 0 fully saturated rings. The van der Waals surface area contributed by atoms with Crippen LogP contribution in [-0.4, -0.2) is 37.6 Å². The van der Waals surface area contributed by atoms with Crippen LogP contribution in [0.5, 0.6) is 5.75 Å². The Bertz CT molecular complexity index is 764. The number of nitrogens with zero attached hydrogens (tertiary/aromatic N) is 2. The van der Waals surface area contributed by atoms with Crippen molar-refractivity contribution in [1.82, 2.24) is 4.98 Å². The number of rotatable bonds is 5. The largest absolute Gasteiger partial charge is 0.497 e. The Morgan fingerprint density at radius 1 is 1.21 bits per heavy atom. The molecule has 1 aromatic heterocycles. The number of amides is 1. The zero-order chi connectivity index (χ0) is 17.7. The van der Waals surface area contributed by atoms with Crippen LogP contribution in [0.1, 0.15) is 16.1 Å². The highest BCUT2D eigenvalue weighted by atomic mass is 19.1. The molecule has 0 saturated heterocycles. The van der Waals surface area contributed by atoms with Crippen molar-refractivity contribution in [2.75, 3.05) is 25.7 Å². The van der Waals surface area contributed by atoms with E-state index in [0.717, 1.165) is 11.0 Å². The average molecular weight is 332 g/mol. The minimum absolute atomic E-state index is 0.192. The topological polar surface area (TPSA) is 68.7 Å². The number of anilines is 1. The van der Waals surface area contributed by atoms with Crippen molar-refractivity contribution in [3.63, 3.8) is 0 Å². The number of carbonyl (C=O) groups is 2. The number of hydrogen-bond acceptors (Lipinski definition) is 5. The lowest BCUT2D eigenvalue weighted by Gasteiger charge is -2.21. The van der Waals surface area contributed by atoms with Crippen molar-refractivity contribution in [3.05, 3.63) is 53.5 Å². The number of aromatic nitrogens is 1. The summed E-state index contributed by atoms with van der Waals surface area (Å²) in [4.78, 5) is 29.7. The molecule has 126 valence electrons. The van der Waals surface area contributed by atoms with Gasteiger partial charge in [-0.1, -0.05) is 6.07 Å². The predicted molar refractivity (Wildman–Crippen MR) is 85.6 cm³/mol. The van der Waals surface area contributed by atoms with Gasteiger partial charge in [0.25, 0.3) is 5.91 Å². The molecular formula is C17H17FN2O4. The van der Waals surface area contributed by atoms with E-state index < -0.39 is 17.7 Å². The van der Waals surface area contributed by atoms with Crippen molar-refractivity contribution < 1.29 is 23.5 Å².